The number of nitrogens with one attached hydrogen (secondary N) is 1. The zero-order valence-electron chi connectivity index (χ0n) is 14.1. The number of benzene rings is 1. The minimum Gasteiger partial charge on any atom is -0.393 e. The van der Waals surface area contributed by atoms with Crippen LogP contribution >= 0.6 is 24.0 Å². The van der Waals surface area contributed by atoms with Gasteiger partial charge in [0, 0.05) is 32.2 Å². The Labute approximate surface area is 156 Å². The van der Waals surface area contributed by atoms with Crippen LogP contribution in [0.15, 0.2) is 35.3 Å². The lowest BCUT2D eigenvalue weighted by atomic mass is 9.93. The number of halogens is 1. The van der Waals surface area contributed by atoms with Gasteiger partial charge in [0.1, 0.15) is 0 Å². The number of nitrogens with two attached hydrogens (primary N) is 1. The molecule has 4 N–H and O–H groups in total. The molecule has 1 aromatic carbocycles. The van der Waals surface area contributed by atoms with Crippen molar-refractivity contribution < 1.29 is 9.84 Å². The number of ether oxygens (including phenoxy) is 1. The highest BCUT2D eigenvalue weighted by Crippen LogP contribution is 2.21. The lowest BCUT2D eigenvalue weighted by Gasteiger charge is -2.17. The normalized spacial score (nSPS) is 14.0. The van der Waals surface area contributed by atoms with Gasteiger partial charge in [-0.2, -0.15) is 0 Å². The van der Waals surface area contributed by atoms with E-state index >= 15 is 0 Å². The van der Waals surface area contributed by atoms with Crippen LogP contribution in [0.25, 0.3) is 0 Å². The highest BCUT2D eigenvalue weighted by Gasteiger charge is 2.13. The van der Waals surface area contributed by atoms with Crippen LogP contribution in [-0.2, 0) is 4.74 Å². The molecule has 0 amide bonds. The van der Waals surface area contributed by atoms with Gasteiger partial charge in [-0.25, -0.2) is 0 Å². The molecule has 0 aromatic heterocycles. The number of nitrogens with zero attached hydrogens (tertiary/aromatic N) is 1. The fourth-order valence-electron chi connectivity index (χ4n) is 2.25. The van der Waals surface area contributed by atoms with Gasteiger partial charge in [-0.1, -0.05) is 30.3 Å². The first-order valence-electron chi connectivity index (χ1n) is 7.98. The number of aliphatic imine (C=N–C) groups is 1. The predicted molar refractivity (Wildman–Crippen MR) is 106 cm³/mol. The van der Waals surface area contributed by atoms with Crippen molar-refractivity contribution in [3.8, 4) is 0 Å². The van der Waals surface area contributed by atoms with Gasteiger partial charge in [0.05, 0.1) is 6.10 Å². The summed E-state index contributed by atoms with van der Waals surface area (Å²) in [5, 5.41) is 12.8. The topological polar surface area (TPSA) is 79.9 Å². The Morgan fingerprint density at radius 2 is 2.04 bits per heavy atom. The van der Waals surface area contributed by atoms with E-state index < -0.39 is 0 Å². The monoisotopic (exact) mass is 435 g/mol. The van der Waals surface area contributed by atoms with Crippen molar-refractivity contribution in [1.82, 2.24) is 5.32 Å². The second kappa shape index (κ2) is 13.6. The highest BCUT2D eigenvalue weighted by molar-refractivity contribution is 14.0. The molecule has 0 aliphatic heterocycles. The van der Waals surface area contributed by atoms with Gasteiger partial charge >= 0.3 is 0 Å². The van der Waals surface area contributed by atoms with E-state index in [1.807, 2.05) is 25.1 Å². The summed E-state index contributed by atoms with van der Waals surface area (Å²) in [6, 6.07) is 10.1. The first kappa shape index (κ1) is 22.1. The number of hydrogen-bond acceptors (Lipinski definition) is 3. The average molecular weight is 435 g/mol. The standard InChI is InChI=1S/C17H29N3O2.HI/c1-3-22-11-7-10-19-17(18)20-13-16(12-14(2)21)15-8-5-4-6-9-15;/h4-6,8-9,14,16,21H,3,7,10-13H2,1-2H3,(H3,18,19,20);1H. The summed E-state index contributed by atoms with van der Waals surface area (Å²) >= 11 is 0. The highest BCUT2D eigenvalue weighted by atomic mass is 127. The first-order chi connectivity index (χ1) is 10.6. The minimum atomic E-state index is -0.360. The van der Waals surface area contributed by atoms with Crippen molar-refractivity contribution in [2.75, 3.05) is 26.3 Å². The molecule has 0 aliphatic rings. The summed E-state index contributed by atoms with van der Waals surface area (Å²) in [6.45, 7) is 6.57. The molecule has 0 radical (unpaired) electrons. The quantitative estimate of drug-likeness (QED) is 0.228. The zero-order valence-corrected chi connectivity index (χ0v) is 16.4. The summed E-state index contributed by atoms with van der Waals surface area (Å²) < 4.78 is 5.27. The molecule has 1 aromatic rings. The maximum Gasteiger partial charge on any atom is 0.188 e. The predicted octanol–water partition coefficient (Wildman–Crippen LogP) is 2.49. The van der Waals surface area contributed by atoms with E-state index in [4.69, 9.17) is 10.5 Å². The maximum absolute atomic E-state index is 9.66. The van der Waals surface area contributed by atoms with Crippen LogP contribution < -0.4 is 11.1 Å². The fourth-order valence-corrected chi connectivity index (χ4v) is 2.25. The molecule has 6 heteroatoms. The lowest BCUT2D eigenvalue weighted by molar-refractivity contribution is 0.145. The molecule has 0 saturated carbocycles. The molecule has 0 spiro atoms. The van der Waals surface area contributed by atoms with E-state index in [1.165, 1.54) is 5.56 Å². The van der Waals surface area contributed by atoms with Gasteiger partial charge in [0.2, 0.25) is 0 Å². The molecular weight excluding hydrogens is 405 g/mol. The molecule has 0 aliphatic carbocycles. The Hall–Kier alpha value is -0.860. The Bertz CT molecular complexity index is 427. The largest absolute Gasteiger partial charge is 0.393 e. The van der Waals surface area contributed by atoms with Crippen LogP contribution in [0, 0.1) is 0 Å². The van der Waals surface area contributed by atoms with E-state index in [2.05, 4.69) is 22.4 Å². The van der Waals surface area contributed by atoms with Crippen molar-refractivity contribution in [3.63, 3.8) is 0 Å². The van der Waals surface area contributed by atoms with Crippen molar-refractivity contribution in [3.05, 3.63) is 35.9 Å². The molecule has 2 atom stereocenters. The van der Waals surface area contributed by atoms with Crippen LogP contribution in [0.2, 0.25) is 0 Å². The van der Waals surface area contributed by atoms with Crippen LogP contribution in [0.3, 0.4) is 0 Å². The van der Waals surface area contributed by atoms with Crippen molar-refractivity contribution in [2.24, 2.45) is 10.7 Å². The first-order valence-corrected chi connectivity index (χ1v) is 7.98. The summed E-state index contributed by atoms with van der Waals surface area (Å²) in [6.07, 6.45) is 1.21. The maximum atomic E-state index is 9.66. The Morgan fingerprint density at radius 1 is 1.35 bits per heavy atom. The van der Waals surface area contributed by atoms with Crippen molar-refractivity contribution in [1.29, 1.82) is 0 Å². The molecule has 0 fully saturated rings. The number of aliphatic hydroxyl groups is 1. The van der Waals surface area contributed by atoms with E-state index in [0.29, 0.717) is 18.9 Å². The van der Waals surface area contributed by atoms with Crippen molar-refractivity contribution >= 4 is 29.9 Å². The van der Waals surface area contributed by atoms with Crippen LogP contribution in [0.1, 0.15) is 38.2 Å². The third-order valence-corrected chi connectivity index (χ3v) is 3.35. The van der Waals surface area contributed by atoms with Gasteiger partial charge in [0.25, 0.3) is 0 Å². The van der Waals surface area contributed by atoms with E-state index in [0.717, 1.165) is 26.2 Å². The summed E-state index contributed by atoms with van der Waals surface area (Å²) in [5.74, 6) is 0.619. The summed E-state index contributed by atoms with van der Waals surface area (Å²) in [5.41, 5.74) is 7.06. The zero-order chi connectivity index (χ0) is 16.2. The fraction of sp³-hybridized carbons (Fsp3) is 0.588. The van der Waals surface area contributed by atoms with E-state index in [-0.39, 0.29) is 36.0 Å². The molecule has 132 valence electrons. The molecule has 0 bridgehead atoms. The van der Waals surface area contributed by atoms with E-state index in [1.54, 1.807) is 6.92 Å². The SMILES string of the molecule is CCOCCCNC(N)=NCC(CC(C)O)c1ccccc1.I. The molecule has 2 unspecified atom stereocenters. The number of rotatable bonds is 10. The summed E-state index contributed by atoms with van der Waals surface area (Å²) in [7, 11) is 0. The second-order valence-electron chi connectivity index (χ2n) is 5.40. The smallest absolute Gasteiger partial charge is 0.188 e. The number of hydrogen-bond donors (Lipinski definition) is 3. The Morgan fingerprint density at radius 3 is 2.65 bits per heavy atom. The van der Waals surface area contributed by atoms with E-state index in [9.17, 15) is 5.11 Å². The van der Waals surface area contributed by atoms with Gasteiger partial charge in [-0.3, -0.25) is 4.99 Å². The second-order valence-corrected chi connectivity index (χ2v) is 5.40. The molecule has 1 rings (SSSR count). The van der Waals surface area contributed by atoms with Gasteiger partial charge in [0.15, 0.2) is 5.96 Å². The summed E-state index contributed by atoms with van der Waals surface area (Å²) in [4.78, 5) is 4.40. The third-order valence-electron chi connectivity index (χ3n) is 3.35. The molecule has 0 saturated heterocycles. The third kappa shape index (κ3) is 10.5. The van der Waals surface area contributed by atoms with Gasteiger partial charge in [-0.05, 0) is 32.3 Å². The average Bonchev–Trinajstić information content (AvgIpc) is 2.51. The Balaban J connectivity index is 0.00000484. The Kier molecular flexibility index (Phi) is 13.1. The number of aliphatic hydroxyl groups excluding tert-OH is 1. The van der Waals surface area contributed by atoms with Gasteiger partial charge in [-0.15, -0.1) is 24.0 Å². The molecule has 23 heavy (non-hydrogen) atoms. The van der Waals surface area contributed by atoms with Crippen LogP contribution in [0.5, 0.6) is 0 Å². The van der Waals surface area contributed by atoms with Crippen LogP contribution in [0.4, 0.5) is 0 Å². The number of guanidine groups is 1. The minimum absolute atomic E-state index is 0. The molecule has 0 heterocycles. The molecule has 5 nitrogen and oxygen atoms in total. The van der Waals surface area contributed by atoms with Gasteiger partial charge < -0.3 is 20.9 Å². The molecular formula is C17H30IN3O2. The van der Waals surface area contributed by atoms with Crippen molar-refractivity contribution in [2.45, 2.75) is 38.7 Å². The van der Waals surface area contributed by atoms with Crippen LogP contribution in [-0.4, -0.2) is 43.5 Å². The lowest BCUT2D eigenvalue weighted by Crippen LogP contribution is -2.33.